The summed E-state index contributed by atoms with van der Waals surface area (Å²) in [6.45, 7) is 6.58. The number of hydrogen-bond donors (Lipinski definition) is 0. The van der Waals surface area contributed by atoms with E-state index in [1.807, 2.05) is 0 Å². The van der Waals surface area contributed by atoms with Crippen molar-refractivity contribution in [1.29, 1.82) is 0 Å². The van der Waals surface area contributed by atoms with Crippen molar-refractivity contribution in [3.05, 3.63) is 12.2 Å². The normalized spacial score (nSPS) is 31.9. The third kappa shape index (κ3) is 2.21. The van der Waals surface area contributed by atoms with Crippen LogP contribution >= 0.6 is 0 Å². The molecule has 17 heavy (non-hydrogen) atoms. The molecule has 0 aromatic carbocycles. The van der Waals surface area contributed by atoms with Crippen LogP contribution in [0.2, 0.25) is 15.8 Å². The summed E-state index contributed by atoms with van der Waals surface area (Å²) in [6.07, 6.45) is 7.48. The SMILES string of the molecule is C[C](C)(C)[Ge]([CH3])([CH3])[O]C(=O)C12C=CC(CC1)C2. The molecule has 1 fully saturated rings. The van der Waals surface area contributed by atoms with Crippen LogP contribution in [0.3, 0.4) is 0 Å². The molecule has 0 aromatic rings. The van der Waals surface area contributed by atoms with Crippen LogP contribution in [0.15, 0.2) is 12.2 Å². The zero-order valence-corrected chi connectivity index (χ0v) is 13.8. The van der Waals surface area contributed by atoms with Crippen LogP contribution in [0.4, 0.5) is 0 Å². The summed E-state index contributed by atoms with van der Waals surface area (Å²) in [5.74, 6) is 5.08. The fourth-order valence-electron chi connectivity index (χ4n) is 2.49. The first-order chi connectivity index (χ1) is 7.66. The van der Waals surface area contributed by atoms with Crippen LogP contribution in [0.25, 0.3) is 0 Å². The summed E-state index contributed by atoms with van der Waals surface area (Å²) in [6, 6.07) is 0. The summed E-state index contributed by atoms with van der Waals surface area (Å²) in [5, 5.41) is 0. The van der Waals surface area contributed by atoms with E-state index >= 15 is 0 Å². The first-order valence-corrected chi connectivity index (χ1v) is 12.7. The molecule has 0 radical (unpaired) electrons. The van der Waals surface area contributed by atoms with Gasteiger partial charge in [-0.1, -0.05) is 0 Å². The number of fused-ring (bicyclic) bond motifs is 2. The molecule has 0 aliphatic heterocycles. The van der Waals surface area contributed by atoms with Gasteiger partial charge in [-0.25, -0.2) is 0 Å². The van der Waals surface area contributed by atoms with Crippen molar-refractivity contribution in [2.75, 3.05) is 0 Å². The van der Waals surface area contributed by atoms with Crippen LogP contribution in [0, 0.1) is 11.3 Å². The van der Waals surface area contributed by atoms with E-state index < -0.39 is 13.6 Å². The van der Waals surface area contributed by atoms with E-state index in [0.29, 0.717) is 5.92 Å². The Balaban J connectivity index is 2.10. The van der Waals surface area contributed by atoms with E-state index in [4.69, 9.17) is 3.76 Å². The van der Waals surface area contributed by atoms with Gasteiger partial charge in [-0.15, -0.1) is 0 Å². The van der Waals surface area contributed by atoms with Crippen LogP contribution in [0.1, 0.15) is 40.0 Å². The van der Waals surface area contributed by atoms with Gasteiger partial charge < -0.3 is 0 Å². The van der Waals surface area contributed by atoms with Crippen LogP contribution in [-0.4, -0.2) is 19.6 Å². The third-order valence-electron chi connectivity index (χ3n) is 4.84. The van der Waals surface area contributed by atoms with Crippen molar-refractivity contribution < 1.29 is 8.56 Å². The van der Waals surface area contributed by atoms with Gasteiger partial charge in [0.2, 0.25) is 0 Å². The van der Waals surface area contributed by atoms with Gasteiger partial charge in [0, 0.05) is 0 Å². The summed E-state index contributed by atoms with van der Waals surface area (Å²) in [7, 11) is 0. The van der Waals surface area contributed by atoms with Gasteiger partial charge in [-0.05, 0) is 0 Å². The molecule has 2 rings (SSSR count). The van der Waals surface area contributed by atoms with Gasteiger partial charge in [0.15, 0.2) is 0 Å². The van der Waals surface area contributed by atoms with Gasteiger partial charge in [0.1, 0.15) is 0 Å². The van der Waals surface area contributed by atoms with Gasteiger partial charge in [-0.2, -0.15) is 0 Å². The molecule has 0 aromatic heterocycles. The van der Waals surface area contributed by atoms with Crippen molar-refractivity contribution >= 4 is 19.6 Å². The summed E-state index contributed by atoms with van der Waals surface area (Å²) >= 11 is -2.50. The van der Waals surface area contributed by atoms with E-state index in [9.17, 15) is 4.79 Å². The Kier molecular flexibility index (Phi) is 3.01. The summed E-state index contributed by atoms with van der Waals surface area (Å²) < 4.78 is 6.15. The molecule has 2 bridgehead atoms. The van der Waals surface area contributed by atoms with E-state index in [2.05, 4.69) is 44.4 Å². The average Bonchev–Trinajstić information content (AvgIpc) is 2.75. The van der Waals surface area contributed by atoms with E-state index in [-0.39, 0.29) is 15.6 Å². The van der Waals surface area contributed by atoms with Gasteiger partial charge in [-0.3, -0.25) is 0 Å². The molecular formula is C14H24GeO2. The predicted molar refractivity (Wildman–Crippen MR) is 72.2 cm³/mol. The van der Waals surface area contributed by atoms with E-state index in [0.717, 1.165) is 19.3 Å². The Bertz CT molecular complexity index is 365. The molecule has 2 aliphatic carbocycles. The molecular weight excluding hydrogens is 273 g/mol. The topological polar surface area (TPSA) is 26.3 Å². The Morgan fingerprint density at radius 3 is 2.41 bits per heavy atom. The minimum atomic E-state index is -2.50. The van der Waals surface area contributed by atoms with Crippen LogP contribution in [0.5, 0.6) is 0 Å². The molecule has 1 saturated carbocycles. The van der Waals surface area contributed by atoms with Crippen LogP contribution in [-0.2, 0) is 8.56 Å². The molecule has 2 atom stereocenters. The number of carbonyl (C=O) groups excluding carboxylic acids is 1. The van der Waals surface area contributed by atoms with Crippen molar-refractivity contribution in [1.82, 2.24) is 0 Å². The van der Waals surface area contributed by atoms with E-state index in [1.165, 1.54) is 0 Å². The number of hydrogen-bond acceptors (Lipinski definition) is 2. The molecule has 0 N–H and O–H groups in total. The second-order valence-corrected chi connectivity index (χ2v) is 17.1. The monoisotopic (exact) mass is 298 g/mol. The summed E-state index contributed by atoms with van der Waals surface area (Å²) in [4.78, 5) is 12.5. The Morgan fingerprint density at radius 2 is 2.06 bits per heavy atom. The first kappa shape index (κ1) is 13.2. The Labute approximate surface area is 108 Å². The van der Waals surface area contributed by atoms with Crippen molar-refractivity contribution in [2.45, 2.75) is 55.8 Å². The fraction of sp³-hybridized carbons (Fsp3) is 0.786. The maximum absolute atomic E-state index is 12.5. The van der Waals surface area contributed by atoms with Gasteiger partial charge in [0.05, 0.1) is 0 Å². The van der Waals surface area contributed by atoms with Crippen molar-refractivity contribution in [3.8, 4) is 0 Å². The molecule has 96 valence electrons. The number of carbonyl (C=O) groups is 1. The van der Waals surface area contributed by atoms with E-state index in [1.54, 1.807) is 0 Å². The molecule has 2 unspecified atom stereocenters. The van der Waals surface area contributed by atoms with Crippen molar-refractivity contribution in [3.63, 3.8) is 0 Å². The zero-order valence-electron chi connectivity index (χ0n) is 11.7. The molecule has 2 aliphatic rings. The average molecular weight is 297 g/mol. The molecule has 0 saturated heterocycles. The predicted octanol–water partition coefficient (Wildman–Crippen LogP) is 3.89. The minimum absolute atomic E-state index is 0.0636. The second-order valence-electron chi connectivity index (χ2n) is 7.17. The van der Waals surface area contributed by atoms with Crippen molar-refractivity contribution in [2.24, 2.45) is 11.3 Å². The Morgan fingerprint density at radius 1 is 1.41 bits per heavy atom. The fourth-order valence-corrected chi connectivity index (χ4v) is 4.53. The Hall–Kier alpha value is -0.247. The molecule has 0 amide bonds. The number of allylic oxidation sites excluding steroid dienone is 1. The molecule has 3 heteroatoms. The van der Waals surface area contributed by atoms with Gasteiger partial charge >= 0.3 is 107 Å². The quantitative estimate of drug-likeness (QED) is 0.571. The van der Waals surface area contributed by atoms with Gasteiger partial charge in [0.25, 0.3) is 0 Å². The first-order valence-electron chi connectivity index (χ1n) is 6.59. The molecule has 0 heterocycles. The van der Waals surface area contributed by atoms with Crippen LogP contribution < -0.4 is 0 Å². The number of rotatable bonds is 2. The summed E-state index contributed by atoms with van der Waals surface area (Å²) in [5.41, 5.74) is -0.252. The second kappa shape index (κ2) is 3.87. The maximum atomic E-state index is 12.5. The molecule has 0 spiro atoms. The molecule has 2 nitrogen and oxygen atoms in total. The third-order valence-corrected chi connectivity index (χ3v) is 13.9. The standard InChI is InChI=1S/C14H24GeO2/c1-13(2,3)15(4,5)17-12(16)14-8-6-11(10-14)7-9-14/h6,8,11H,7,9-10H2,1-5H3. The zero-order chi connectivity index (χ0) is 12.9.